The number of nitrogens with zero attached hydrogens (tertiary/aromatic N) is 3. The molecule has 2 heterocycles. The number of rotatable bonds is 3. The summed E-state index contributed by atoms with van der Waals surface area (Å²) in [4.78, 5) is 23.0. The summed E-state index contributed by atoms with van der Waals surface area (Å²) in [5.74, 6) is 1.59. The molecule has 1 aromatic heterocycles. The van der Waals surface area contributed by atoms with Crippen LogP contribution in [0.15, 0.2) is 12.4 Å². The maximum atomic E-state index is 11.9. The lowest BCUT2D eigenvalue weighted by Gasteiger charge is -2.34. The van der Waals surface area contributed by atoms with Crippen molar-refractivity contribution < 1.29 is 9.53 Å². The highest BCUT2D eigenvalue weighted by Gasteiger charge is 2.28. The molecule has 1 atom stereocenters. The molecule has 1 N–H and O–H groups in total. The van der Waals surface area contributed by atoms with Gasteiger partial charge < -0.3 is 15.0 Å². The molecular weight excluding hydrogens is 292 g/mol. The number of anilines is 1. The topological polar surface area (TPSA) is 67.3 Å². The van der Waals surface area contributed by atoms with Gasteiger partial charge in [-0.25, -0.2) is 14.8 Å². The van der Waals surface area contributed by atoms with Gasteiger partial charge >= 0.3 is 6.09 Å². The highest BCUT2D eigenvalue weighted by atomic mass is 16.6. The lowest BCUT2D eigenvalue weighted by atomic mass is 10.1. The van der Waals surface area contributed by atoms with Crippen LogP contribution in [0, 0.1) is 0 Å². The zero-order chi connectivity index (χ0) is 16.4. The summed E-state index contributed by atoms with van der Waals surface area (Å²) in [5.41, 5.74) is 0.682. The van der Waals surface area contributed by atoms with Gasteiger partial charge in [0, 0.05) is 36.8 Å². The number of hydrogen-bond acceptors (Lipinski definition) is 5. The van der Waals surface area contributed by atoms with Crippen LogP contribution in [0.3, 0.4) is 0 Å². The lowest BCUT2D eigenvalue weighted by Crippen LogP contribution is -2.49. The van der Waals surface area contributed by atoms with Crippen LogP contribution >= 0.6 is 0 Å². The summed E-state index contributed by atoms with van der Waals surface area (Å²) in [6, 6.07) is 2.20. The minimum atomic E-state index is -0.468. The first-order chi connectivity index (χ1) is 10.9. The molecule has 0 bridgehead atoms. The van der Waals surface area contributed by atoms with Crippen molar-refractivity contribution in [1.29, 1.82) is 0 Å². The van der Waals surface area contributed by atoms with E-state index < -0.39 is 5.60 Å². The minimum absolute atomic E-state index is 0.0953. The van der Waals surface area contributed by atoms with Crippen molar-refractivity contribution in [2.75, 3.05) is 18.0 Å². The molecule has 2 fully saturated rings. The Morgan fingerprint density at radius 2 is 2.09 bits per heavy atom. The maximum absolute atomic E-state index is 11.9. The molecule has 1 saturated heterocycles. The highest BCUT2D eigenvalue weighted by molar-refractivity contribution is 5.68. The average molecular weight is 318 g/mol. The molecule has 23 heavy (non-hydrogen) atoms. The summed E-state index contributed by atoms with van der Waals surface area (Å²) in [5, 5.41) is 2.98. The second-order valence-electron chi connectivity index (χ2n) is 7.51. The van der Waals surface area contributed by atoms with Gasteiger partial charge in [0.1, 0.15) is 17.7 Å². The van der Waals surface area contributed by atoms with E-state index in [-0.39, 0.29) is 12.1 Å². The molecule has 0 radical (unpaired) electrons. The van der Waals surface area contributed by atoms with Crippen LogP contribution in [-0.4, -0.2) is 40.8 Å². The van der Waals surface area contributed by atoms with Gasteiger partial charge in [-0.15, -0.1) is 0 Å². The fourth-order valence-electron chi connectivity index (χ4n) is 2.91. The molecule has 1 saturated carbocycles. The second-order valence-corrected chi connectivity index (χ2v) is 7.51. The van der Waals surface area contributed by atoms with Gasteiger partial charge in [-0.05, 0) is 46.5 Å². The SMILES string of the molecule is CC(C)(C)OC(=O)NC1CCCN(c2cc(C3CC3)ncn2)C1. The van der Waals surface area contributed by atoms with E-state index in [0.717, 1.165) is 37.4 Å². The van der Waals surface area contributed by atoms with Crippen LogP contribution in [0.4, 0.5) is 10.6 Å². The van der Waals surface area contributed by atoms with Crippen molar-refractivity contribution in [2.24, 2.45) is 0 Å². The monoisotopic (exact) mass is 318 g/mol. The number of hydrogen-bond donors (Lipinski definition) is 1. The molecule has 1 aromatic rings. The number of piperidine rings is 1. The minimum Gasteiger partial charge on any atom is -0.444 e. The molecule has 0 spiro atoms. The average Bonchev–Trinajstić information content (AvgIpc) is 3.30. The van der Waals surface area contributed by atoms with Gasteiger partial charge in [0.05, 0.1) is 0 Å². The zero-order valence-corrected chi connectivity index (χ0v) is 14.2. The van der Waals surface area contributed by atoms with E-state index in [9.17, 15) is 4.79 Å². The third-order valence-electron chi connectivity index (χ3n) is 4.14. The normalized spacial score (nSPS) is 21.9. The Balaban J connectivity index is 1.59. The molecule has 1 aliphatic carbocycles. The molecule has 1 aliphatic heterocycles. The molecular formula is C17H26N4O2. The Labute approximate surface area is 137 Å². The fraction of sp³-hybridized carbons (Fsp3) is 0.706. The lowest BCUT2D eigenvalue weighted by molar-refractivity contribution is 0.0500. The predicted octanol–water partition coefficient (Wildman–Crippen LogP) is 2.85. The zero-order valence-electron chi connectivity index (χ0n) is 14.2. The van der Waals surface area contributed by atoms with Crippen LogP contribution < -0.4 is 10.2 Å². The Morgan fingerprint density at radius 1 is 1.30 bits per heavy atom. The number of carbonyl (C=O) groups is 1. The van der Waals surface area contributed by atoms with Gasteiger partial charge in [-0.1, -0.05) is 0 Å². The Bertz CT molecular complexity index is 566. The summed E-state index contributed by atoms with van der Waals surface area (Å²) in [6.45, 7) is 7.36. The predicted molar refractivity (Wildman–Crippen MR) is 88.6 cm³/mol. The smallest absolute Gasteiger partial charge is 0.407 e. The van der Waals surface area contributed by atoms with E-state index in [2.05, 4.69) is 26.3 Å². The van der Waals surface area contributed by atoms with Gasteiger partial charge in [0.25, 0.3) is 0 Å². The van der Waals surface area contributed by atoms with Gasteiger partial charge in [-0.3, -0.25) is 0 Å². The van der Waals surface area contributed by atoms with Crippen molar-refractivity contribution in [2.45, 2.75) is 64.0 Å². The van der Waals surface area contributed by atoms with E-state index in [0.29, 0.717) is 5.92 Å². The molecule has 126 valence electrons. The first kappa shape index (κ1) is 16.0. The van der Waals surface area contributed by atoms with Crippen LogP contribution in [-0.2, 0) is 4.74 Å². The number of alkyl carbamates (subject to hydrolysis) is 1. The Hall–Kier alpha value is -1.85. The number of carbonyl (C=O) groups excluding carboxylic acids is 1. The Kier molecular flexibility index (Phi) is 4.41. The summed E-state index contributed by atoms with van der Waals surface area (Å²) in [7, 11) is 0. The quantitative estimate of drug-likeness (QED) is 0.928. The van der Waals surface area contributed by atoms with E-state index in [1.807, 2.05) is 20.8 Å². The van der Waals surface area contributed by atoms with Crippen molar-refractivity contribution in [3.05, 3.63) is 18.1 Å². The highest BCUT2D eigenvalue weighted by Crippen LogP contribution is 2.39. The molecule has 6 heteroatoms. The number of amides is 1. The molecule has 1 unspecified atom stereocenters. The first-order valence-corrected chi connectivity index (χ1v) is 8.47. The number of ether oxygens (including phenoxy) is 1. The first-order valence-electron chi connectivity index (χ1n) is 8.47. The van der Waals surface area contributed by atoms with Crippen LogP contribution in [0.1, 0.15) is 58.1 Å². The largest absolute Gasteiger partial charge is 0.444 e. The molecule has 0 aromatic carbocycles. The van der Waals surface area contributed by atoms with E-state index >= 15 is 0 Å². The van der Waals surface area contributed by atoms with Crippen molar-refractivity contribution in [3.8, 4) is 0 Å². The molecule has 2 aliphatic rings. The van der Waals surface area contributed by atoms with Crippen molar-refractivity contribution in [1.82, 2.24) is 15.3 Å². The maximum Gasteiger partial charge on any atom is 0.407 e. The fourth-order valence-corrected chi connectivity index (χ4v) is 2.91. The molecule has 6 nitrogen and oxygen atoms in total. The van der Waals surface area contributed by atoms with Crippen LogP contribution in [0.5, 0.6) is 0 Å². The Morgan fingerprint density at radius 3 is 2.78 bits per heavy atom. The third-order valence-corrected chi connectivity index (χ3v) is 4.14. The van der Waals surface area contributed by atoms with Crippen molar-refractivity contribution in [3.63, 3.8) is 0 Å². The summed E-state index contributed by atoms with van der Waals surface area (Å²) >= 11 is 0. The molecule has 1 amide bonds. The molecule has 3 rings (SSSR count). The number of nitrogens with one attached hydrogen (secondary N) is 1. The van der Waals surface area contributed by atoms with E-state index in [1.165, 1.54) is 12.8 Å². The standard InChI is InChI=1S/C17H26N4O2/c1-17(2,3)23-16(22)20-13-5-4-8-21(10-13)15-9-14(12-6-7-12)18-11-19-15/h9,11-13H,4-8,10H2,1-3H3,(H,20,22). The van der Waals surface area contributed by atoms with Gasteiger partial charge in [0.2, 0.25) is 0 Å². The summed E-state index contributed by atoms with van der Waals surface area (Å²) < 4.78 is 5.35. The summed E-state index contributed by atoms with van der Waals surface area (Å²) in [6.07, 6.45) is 5.79. The van der Waals surface area contributed by atoms with Crippen LogP contribution in [0.2, 0.25) is 0 Å². The number of aromatic nitrogens is 2. The third kappa shape index (κ3) is 4.56. The van der Waals surface area contributed by atoms with Gasteiger partial charge in [-0.2, -0.15) is 0 Å². The van der Waals surface area contributed by atoms with E-state index in [1.54, 1.807) is 6.33 Å². The van der Waals surface area contributed by atoms with Crippen molar-refractivity contribution >= 4 is 11.9 Å². The van der Waals surface area contributed by atoms with Crippen LogP contribution in [0.25, 0.3) is 0 Å². The second kappa shape index (κ2) is 6.34. The van der Waals surface area contributed by atoms with E-state index in [4.69, 9.17) is 4.74 Å². The van der Waals surface area contributed by atoms with Gasteiger partial charge in [0.15, 0.2) is 0 Å².